The maximum Gasteiger partial charge on any atom is 0.330 e. The number of carbonyl (C=O) groups excluding carboxylic acids is 1. The van der Waals surface area contributed by atoms with E-state index in [9.17, 15) is 40.5 Å². The molecule has 0 spiro atoms. The molecule has 13 heteroatoms. The topological polar surface area (TPSA) is 205 Å². The molecule has 0 aromatic rings. The number of hydrogen-bond acceptors (Lipinski definition) is 13. The Morgan fingerprint density at radius 2 is 1.43 bits per heavy atom. The van der Waals surface area contributed by atoms with Gasteiger partial charge in [0.2, 0.25) is 0 Å². The van der Waals surface area contributed by atoms with Gasteiger partial charge in [0.15, 0.2) is 12.6 Å². The first-order chi connectivity index (χ1) is 14.2. The molecule has 10 atom stereocenters. The Morgan fingerprint density at radius 3 is 2.03 bits per heavy atom. The molecule has 0 unspecified atom stereocenters. The minimum atomic E-state index is -1.75. The van der Waals surface area contributed by atoms with Gasteiger partial charge in [-0.2, -0.15) is 0 Å². The summed E-state index contributed by atoms with van der Waals surface area (Å²) in [6, 6.07) is 0. The summed E-state index contributed by atoms with van der Waals surface area (Å²) < 4.78 is 25.9. The third kappa shape index (κ3) is 5.72. The minimum absolute atomic E-state index is 0.178. The van der Waals surface area contributed by atoms with E-state index in [-0.39, 0.29) is 13.2 Å². The van der Waals surface area contributed by atoms with Crippen LogP contribution in [0.4, 0.5) is 0 Å². The van der Waals surface area contributed by atoms with Crippen LogP contribution in [-0.4, -0.2) is 130 Å². The van der Waals surface area contributed by atoms with Crippen LogP contribution in [0.5, 0.6) is 0 Å². The van der Waals surface area contributed by atoms with Gasteiger partial charge in [-0.15, -0.1) is 0 Å². The van der Waals surface area contributed by atoms with Crippen molar-refractivity contribution < 1.29 is 64.2 Å². The second-order valence-electron chi connectivity index (χ2n) is 6.75. The van der Waals surface area contributed by atoms with Gasteiger partial charge in [0.25, 0.3) is 0 Å². The van der Waals surface area contributed by atoms with Crippen molar-refractivity contribution in [2.75, 3.05) is 26.4 Å². The predicted octanol–water partition coefficient (Wildman–Crippen LogP) is -4.64. The molecule has 0 aromatic heterocycles. The van der Waals surface area contributed by atoms with Crippen molar-refractivity contribution in [3.05, 3.63) is 12.7 Å². The van der Waals surface area contributed by atoms with Gasteiger partial charge in [0.1, 0.15) is 55.4 Å². The van der Waals surface area contributed by atoms with Gasteiger partial charge < -0.3 is 59.4 Å². The Labute approximate surface area is 171 Å². The summed E-state index contributed by atoms with van der Waals surface area (Å²) >= 11 is 0. The zero-order valence-electron chi connectivity index (χ0n) is 16.0. The monoisotopic (exact) mass is 440 g/mol. The highest BCUT2D eigenvalue weighted by Gasteiger charge is 2.50. The van der Waals surface area contributed by atoms with Crippen molar-refractivity contribution in [3.8, 4) is 0 Å². The first kappa shape index (κ1) is 25.0. The fraction of sp³-hybridized carbons (Fsp3) is 0.824. The zero-order valence-corrected chi connectivity index (χ0v) is 16.0. The average Bonchev–Trinajstić information content (AvgIpc) is 2.75. The van der Waals surface area contributed by atoms with Crippen LogP contribution in [0.3, 0.4) is 0 Å². The van der Waals surface area contributed by atoms with Gasteiger partial charge in [-0.1, -0.05) is 6.58 Å². The number of esters is 1. The maximum atomic E-state index is 11.0. The molecule has 2 aliphatic heterocycles. The van der Waals surface area contributed by atoms with Gasteiger partial charge >= 0.3 is 5.97 Å². The molecule has 7 N–H and O–H groups in total. The first-order valence-electron chi connectivity index (χ1n) is 9.24. The number of aliphatic hydroxyl groups excluding tert-OH is 7. The van der Waals surface area contributed by atoms with E-state index >= 15 is 0 Å². The minimum Gasteiger partial charge on any atom is -0.460 e. The summed E-state index contributed by atoms with van der Waals surface area (Å²) in [5.74, 6) is -0.676. The van der Waals surface area contributed by atoms with Gasteiger partial charge in [-0.05, 0) is 0 Å². The van der Waals surface area contributed by atoms with Crippen LogP contribution in [0.1, 0.15) is 0 Å². The smallest absolute Gasteiger partial charge is 0.330 e. The molecule has 13 nitrogen and oxygen atoms in total. The van der Waals surface area contributed by atoms with Crippen LogP contribution in [0.2, 0.25) is 0 Å². The Morgan fingerprint density at radius 1 is 0.833 bits per heavy atom. The van der Waals surface area contributed by atoms with Crippen LogP contribution in [-0.2, 0) is 28.5 Å². The van der Waals surface area contributed by atoms with Crippen molar-refractivity contribution in [3.63, 3.8) is 0 Å². The zero-order chi connectivity index (χ0) is 22.4. The van der Waals surface area contributed by atoms with Crippen molar-refractivity contribution >= 4 is 5.97 Å². The quantitative estimate of drug-likeness (QED) is 0.102. The molecule has 0 radical (unpaired) electrons. The third-order valence-corrected chi connectivity index (χ3v) is 4.74. The second-order valence-corrected chi connectivity index (χ2v) is 6.75. The molecule has 2 aliphatic rings. The molecule has 2 rings (SSSR count). The fourth-order valence-corrected chi connectivity index (χ4v) is 3.06. The third-order valence-electron chi connectivity index (χ3n) is 4.74. The van der Waals surface area contributed by atoms with Gasteiger partial charge in [-0.25, -0.2) is 4.79 Å². The highest BCUT2D eigenvalue weighted by molar-refractivity contribution is 5.81. The Bertz CT molecular complexity index is 556. The highest BCUT2D eigenvalue weighted by atomic mass is 16.7. The van der Waals surface area contributed by atoms with E-state index in [4.69, 9.17) is 23.7 Å². The van der Waals surface area contributed by atoms with Crippen LogP contribution in [0.25, 0.3) is 0 Å². The Kier molecular flexibility index (Phi) is 9.52. The molecule has 174 valence electrons. The van der Waals surface area contributed by atoms with Crippen molar-refractivity contribution in [1.29, 1.82) is 0 Å². The molecule has 2 saturated heterocycles. The Hall–Kier alpha value is -1.23. The SMILES string of the molecule is C=CC(=O)OCCO[C@@H]1O[C@H](CO)[C@@H](O[C@@H]2O[C@H](CO)[C@@H](O)[C@H](O)[C@H]2O)[C@H](O)[C@H]1O. The number of hydrogen-bond donors (Lipinski definition) is 7. The predicted molar refractivity (Wildman–Crippen MR) is 93.5 cm³/mol. The lowest BCUT2D eigenvalue weighted by Crippen LogP contribution is -2.64. The lowest BCUT2D eigenvalue weighted by Gasteiger charge is -2.45. The molecular formula is C17H28O13. The molecule has 2 heterocycles. The van der Waals surface area contributed by atoms with E-state index in [1.54, 1.807) is 0 Å². The normalized spacial score (nSPS) is 42.0. The lowest BCUT2D eigenvalue weighted by molar-refractivity contribution is -0.359. The van der Waals surface area contributed by atoms with Gasteiger partial charge in [0.05, 0.1) is 19.8 Å². The summed E-state index contributed by atoms with van der Waals surface area (Å²) in [4.78, 5) is 11.0. The molecule has 0 saturated carbocycles. The van der Waals surface area contributed by atoms with Gasteiger partial charge in [0, 0.05) is 6.08 Å². The average molecular weight is 440 g/mol. The second kappa shape index (κ2) is 11.4. The summed E-state index contributed by atoms with van der Waals surface area (Å²) in [5.41, 5.74) is 0. The van der Waals surface area contributed by atoms with Crippen molar-refractivity contribution in [2.24, 2.45) is 0 Å². The lowest BCUT2D eigenvalue weighted by atomic mass is 9.97. The van der Waals surface area contributed by atoms with Crippen molar-refractivity contribution in [2.45, 2.75) is 61.4 Å². The number of ether oxygens (including phenoxy) is 5. The summed E-state index contributed by atoms with van der Waals surface area (Å²) in [7, 11) is 0. The standard InChI is InChI=1S/C17H28O13/c1-2-9(20)26-3-4-27-16-14(25)12(23)15(8(6-19)29-16)30-17-13(24)11(22)10(21)7(5-18)28-17/h2,7-8,10-19,21-25H,1,3-6H2/t7-,8-,10-,11+,12-,13-,14-,15-,16-,17+/m1/s1. The maximum absolute atomic E-state index is 11.0. The molecule has 0 aromatic carbocycles. The molecular weight excluding hydrogens is 412 g/mol. The van der Waals surface area contributed by atoms with Gasteiger partial charge in [-0.3, -0.25) is 0 Å². The van der Waals surface area contributed by atoms with E-state index in [1.165, 1.54) is 0 Å². The molecule has 0 amide bonds. The van der Waals surface area contributed by atoms with E-state index in [0.29, 0.717) is 0 Å². The van der Waals surface area contributed by atoms with Crippen LogP contribution in [0.15, 0.2) is 12.7 Å². The van der Waals surface area contributed by atoms with E-state index in [1.807, 2.05) is 0 Å². The van der Waals surface area contributed by atoms with E-state index in [0.717, 1.165) is 6.08 Å². The largest absolute Gasteiger partial charge is 0.460 e. The van der Waals surface area contributed by atoms with Crippen molar-refractivity contribution in [1.82, 2.24) is 0 Å². The number of rotatable bonds is 9. The van der Waals surface area contributed by atoms with Crippen LogP contribution >= 0.6 is 0 Å². The highest BCUT2D eigenvalue weighted by Crippen LogP contribution is 2.29. The number of aliphatic hydroxyl groups is 7. The number of carbonyl (C=O) groups is 1. The fourth-order valence-electron chi connectivity index (χ4n) is 3.06. The molecule has 2 fully saturated rings. The molecule has 0 aliphatic carbocycles. The summed E-state index contributed by atoms with van der Waals surface area (Å²) in [6.45, 7) is 1.49. The van der Waals surface area contributed by atoms with E-state index < -0.39 is 80.6 Å². The summed E-state index contributed by atoms with van der Waals surface area (Å²) in [6.07, 6.45) is -14.4. The summed E-state index contributed by atoms with van der Waals surface area (Å²) in [5, 5.41) is 69.2. The first-order valence-corrected chi connectivity index (χ1v) is 9.24. The molecule has 0 bridgehead atoms. The van der Waals surface area contributed by atoms with Crippen LogP contribution < -0.4 is 0 Å². The van der Waals surface area contributed by atoms with E-state index in [2.05, 4.69) is 6.58 Å². The Balaban J connectivity index is 1.99. The molecule has 30 heavy (non-hydrogen) atoms. The van der Waals surface area contributed by atoms with Crippen LogP contribution in [0, 0.1) is 0 Å².